The summed E-state index contributed by atoms with van der Waals surface area (Å²) < 4.78 is 58.5. The van der Waals surface area contributed by atoms with Crippen LogP contribution in [0.1, 0.15) is 16.9 Å². The summed E-state index contributed by atoms with van der Waals surface area (Å²) in [5.41, 5.74) is -0.600. The molecule has 0 spiro atoms. The number of imide groups is 1. The highest BCUT2D eigenvalue weighted by Gasteiger charge is 2.36. The van der Waals surface area contributed by atoms with Crippen molar-refractivity contribution in [3.8, 4) is 11.3 Å². The van der Waals surface area contributed by atoms with Gasteiger partial charge in [-0.1, -0.05) is 35.9 Å². The second-order valence-electron chi connectivity index (χ2n) is 6.75. The number of halogens is 5. The van der Waals surface area contributed by atoms with E-state index >= 15 is 0 Å². The van der Waals surface area contributed by atoms with Crippen molar-refractivity contribution in [1.29, 1.82) is 0 Å². The summed E-state index contributed by atoms with van der Waals surface area (Å²) in [4.78, 5) is 26.0. The quantitative estimate of drug-likeness (QED) is 0.297. The van der Waals surface area contributed by atoms with Crippen LogP contribution >= 0.6 is 23.4 Å². The zero-order valence-corrected chi connectivity index (χ0v) is 17.5. The predicted octanol–water partition coefficient (Wildman–Crippen LogP) is 6.99. The summed E-state index contributed by atoms with van der Waals surface area (Å²) >= 11 is 6.63. The van der Waals surface area contributed by atoms with E-state index in [2.05, 4.69) is 0 Å². The summed E-state index contributed by atoms with van der Waals surface area (Å²) in [6, 6.07) is 11.4. The Kier molecular flexibility index (Phi) is 5.87. The first-order valence-corrected chi connectivity index (χ1v) is 10.3. The van der Waals surface area contributed by atoms with Crippen LogP contribution in [0.3, 0.4) is 0 Å². The van der Waals surface area contributed by atoms with Crippen molar-refractivity contribution in [2.75, 3.05) is 0 Å². The van der Waals surface area contributed by atoms with Crippen LogP contribution in [0.25, 0.3) is 17.4 Å². The Morgan fingerprint density at radius 3 is 2.53 bits per heavy atom. The number of furan rings is 1. The minimum atomic E-state index is -4.56. The van der Waals surface area contributed by atoms with Crippen LogP contribution in [0.5, 0.6) is 0 Å². The largest absolute Gasteiger partial charge is 0.457 e. The molecule has 0 bridgehead atoms. The molecule has 0 N–H and O–H groups in total. The summed E-state index contributed by atoms with van der Waals surface area (Å²) in [5.74, 6) is -1.08. The van der Waals surface area contributed by atoms with Crippen LogP contribution in [0, 0.1) is 5.82 Å². The van der Waals surface area contributed by atoms with E-state index in [1.807, 2.05) is 0 Å². The molecule has 0 radical (unpaired) electrons. The molecule has 2 heterocycles. The normalized spacial score (nSPS) is 15.8. The first kappa shape index (κ1) is 22.2. The molecule has 4 rings (SSSR count). The van der Waals surface area contributed by atoms with E-state index in [1.54, 1.807) is 0 Å². The zero-order chi connectivity index (χ0) is 23.0. The van der Waals surface area contributed by atoms with Crippen molar-refractivity contribution < 1.29 is 31.6 Å². The number of alkyl halides is 3. The van der Waals surface area contributed by atoms with Crippen molar-refractivity contribution in [3.63, 3.8) is 0 Å². The third-order valence-electron chi connectivity index (χ3n) is 4.62. The Balaban J connectivity index is 1.58. The third-order valence-corrected chi connectivity index (χ3v) is 5.87. The van der Waals surface area contributed by atoms with Gasteiger partial charge in [-0.25, -0.2) is 4.39 Å². The van der Waals surface area contributed by atoms with Gasteiger partial charge in [0.05, 0.1) is 17.0 Å². The highest BCUT2D eigenvalue weighted by Crippen LogP contribution is 2.39. The van der Waals surface area contributed by atoms with Gasteiger partial charge in [-0.2, -0.15) is 13.2 Å². The fourth-order valence-electron chi connectivity index (χ4n) is 3.11. The molecule has 1 aliphatic rings. The first-order valence-electron chi connectivity index (χ1n) is 9.09. The van der Waals surface area contributed by atoms with Gasteiger partial charge in [-0.3, -0.25) is 14.5 Å². The van der Waals surface area contributed by atoms with Crippen molar-refractivity contribution in [1.82, 2.24) is 4.90 Å². The molecule has 164 valence electrons. The summed E-state index contributed by atoms with van der Waals surface area (Å²) in [6.07, 6.45) is -3.27. The fourth-order valence-corrected chi connectivity index (χ4v) is 4.15. The monoisotopic (exact) mass is 481 g/mol. The van der Waals surface area contributed by atoms with Crippen LogP contribution < -0.4 is 0 Å². The van der Waals surface area contributed by atoms with Gasteiger partial charge < -0.3 is 4.42 Å². The van der Waals surface area contributed by atoms with E-state index in [0.717, 1.165) is 17.0 Å². The lowest BCUT2D eigenvalue weighted by Crippen LogP contribution is -2.27. The van der Waals surface area contributed by atoms with Crippen LogP contribution in [0.2, 0.25) is 5.02 Å². The van der Waals surface area contributed by atoms with Crippen molar-refractivity contribution in [2.45, 2.75) is 12.7 Å². The van der Waals surface area contributed by atoms with Crippen molar-refractivity contribution in [3.05, 3.63) is 87.2 Å². The predicted molar refractivity (Wildman–Crippen MR) is 112 cm³/mol. The lowest BCUT2D eigenvalue weighted by atomic mass is 10.1. The molecule has 1 fully saturated rings. The van der Waals surface area contributed by atoms with E-state index in [9.17, 15) is 27.2 Å². The number of rotatable bonds is 4. The Morgan fingerprint density at radius 1 is 1.06 bits per heavy atom. The van der Waals surface area contributed by atoms with E-state index < -0.39 is 28.7 Å². The number of thioether (sulfide) groups is 1. The second-order valence-corrected chi connectivity index (χ2v) is 8.15. The molecule has 1 saturated heterocycles. The maximum absolute atomic E-state index is 13.3. The molecule has 4 nitrogen and oxygen atoms in total. The molecule has 1 aromatic heterocycles. The zero-order valence-electron chi connectivity index (χ0n) is 16.0. The molecule has 0 unspecified atom stereocenters. The SMILES string of the molecule is O=C1S/C(=C/c2ccc(-c3ccccc3C(F)(F)F)o2)C(=O)N1Cc1ccc(F)cc1Cl. The second kappa shape index (κ2) is 8.48. The number of hydrogen-bond donors (Lipinski definition) is 0. The molecule has 1 aliphatic heterocycles. The van der Waals surface area contributed by atoms with E-state index in [0.29, 0.717) is 17.3 Å². The van der Waals surface area contributed by atoms with Gasteiger partial charge in [0.1, 0.15) is 17.3 Å². The lowest BCUT2D eigenvalue weighted by Gasteiger charge is -2.13. The molecule has 10 heteroatoms. The van der Waals surface area contributed by atoms with Crippen molar-refractivity contribution in [2.24, 2.45) is 0 Å². The van der Waals surface area contributed by atoms with Crippen LogP contribution in [0.15, 0.2) is 63.9 Å². The topological polar surface area (TPSA) is 50.5 Å². The standard InChI is InChI=1S/C22H12ClF4NO3S/c23-17-9-13(24)6-5-12(17)11-28-20(29)19(32-21(28)30)10-14-7-8-18(31-14)15-3-1-2-4-16(15)22(25,26)27/h1-10H,11H2/b19-10+. The van der Waals surface area contributed by atoms with Gasteiger partial charge in [0.25, 0.3) is 11.1 Å². The number of amides is 2. The summed E-state index contributed by atoms with van der Waals surface area (Å²) in [5, 5.41) is -0.483. The number of carbonyl (C=O) groups excluding carboxylic acids is 2. The fraction of sp³-hybridized carbons (Fsp3) is 0.0909. The van der Waals surface area contributed by atoms with Crippen molar-refractivity contribution >= 4 is 40.6 Å². The molecular formula is C22H12ClF4NO3S. The smallest absolute Gasteiger partial charge is 0.417 e. The molecule has 2 amide bonds. The average molecular weight is 482 g/mol. The van der Waals surface area contributed by atoms with E-state index in [-0.39, 0.29) is 33.6 Å². The average Bonchev–Trinajstić information content (AvgIpc) is 3.29. The molecule has 0 atom stereocenters. The molecule has 0 saturated carbocycles. The molecule has 3 aromatic rings. The Morgan fingerprint density at radius 2 is 1.81 bits per heavy atom. The minimum Gasteiger partial charge on any atom is -0.457 e. The maximum atomic E-state index is 13.3. The maximum Gasteiger partial charge on any atom is 0.417 e. The van der Waals surface area contributed by atoms with Gasteiger partial charge >= 0.3 is 6.18 Å². The van der Waals surface area contributed by atoms with Crippen LogP contribution in [-0.4, -0.2) is 16.0 Å². The molecule has 2 aromatic carbocycles. The van der Waals surface area contributed by atoms with E-state index in [4.69, 9.17) is 16.0 Å². The van der Waals surface area contributed by atoms with Crippen LogP contribution in [0.4, 0.5) is 22.4 Å². The van der Waals surface area contributed by atoms with Gasteiger partial charge in [0.15, 0.2) is 0 Å². The number of benzene rings is 2. The Labute approximate surface area is 188 Å². The summed E-state index contributed by atoms with van der Waals surface area (Å²) in [6.45, 7) is -0.149. The van der Waals surface area contributed by atoms with Gasteiger partial charge in [0.2, 0.25) is 0 Å². The first-order chi connectivity index (χ1) is 15.1. The minimum absolute atomic E-state index is 0.0264. The van der Waals surface area contributed by atoms with Gasteiger partial charge in [-0.15, -0.1) is 0 Å². The third kappa shape index (κ3) is 4.44. The molecule has 0 aliphatic carbocycles. The van der Waals surface area contributed by atoms with E-state index in [1.165, 1.54) is 48.5 Å². The van der Waals surface area contributed by atoms with Gasteiger partial charge in [-0.05, 0) is 47.7 Å². The number of carbonyl (C=O) groups is 2. The highest BCUT2D eigenvalue weighted by atomic mass is 35.5. The summed E-state index contributed by atoms with van der Waals surface area (Å²) in [7, 11) is 0. The highest BCUT2D eigenvalue weighted by molar-refractivity contribution is 8.18. The number of hydrogen-bond acceptors (Lipinski definition) is 4. The molecular weight excluding hydrogens is 470 g/mol. The Bertz CT molecular complexity index is 1250. The molecule has 32 heavy (non-hydrogen) atoms. The van der Waals surface area contributed by atoms with Crippen LogP contribution in [-0.2, 0) is 17.5 Å². The number of nitrogens with zero attached hydrogens (tertiary/aromatic N) is 1. The van der Waals surface area contributed by atoms with Gasteiger partial charge in [0, 0.05) is 16.7 Å². The Hall–Kier alpha value is -3.04. The lowest BCUT2D eigenvalue weighted by molar-refractivity contribution is -0.137.